The first-order valence-corrected chi connectivity index (χ1v) is 9.29. The highest BCUT2D eigenvalue weighted by Crippen LogP contribution is 2.41. The van der Waals surface area contributed by atoms with E-state index in [1.807, 2.05) is 13.0 Å². The minimum absolute atomic E-state index is 0.453. The summed E-state index contributed by atoms with van der Waals surface area (Å²) in [6, 6.07) is 2.36. The van der Waals surface area contributed by atoms with Gasteiger partial charge in [-0.25, -0.2) is 4.98 Å². The number of methoxy groups -OCH3 is 1. The summed E-state index contributed by atoms with van der Waals surface area (Å²) < 4.78 is 7.57. The molecule has 1 atom stereocenters. The van der Waals surface area contributed by atoms with Crippen molar-refractivity contribution in [3.63, 3.8) is 0 Å². The van der Waals surface area contributed by atoms with Crippen molar-refractivity contribution in [1.29, 1.82) is 0 Å². The zero-order chi connectivity index (χ0) is 16.5. The van der Waals surface area contributed by atoms with E-state index in [2.05, 4.69) is 30.0 Å². The molecule has 2 aromatic rings. The quantitative estimate of drug-likeness (QED) is 0.833. The molecule has 1 unspecified atom stereocenters. The van der Waals surface area contributed by atoms with Crippen molar-refractivity contribution >= 4 is 11.8 Å². The lowest BCUT2D eigenvalue weighted by atomic mass is 9.99. The Bertz CT molecular complexity index is 723. The zero-order valence-electron chi connectivity index (χ0n) is 14.0. The lowest BCUT2D eigenvalue weighted by molar-refractivity contribution is 0.391. The second-order valence-electron chi connectivity index (χ2n) is 6.42. The molecule has 2 aromatic heterocycles. The number of nitrogens with zero attached hydrogens (tertiary/aromatic N) is 5. The van der Waals surface area contributed by atoms with Crippen LogP contribution in [0.5, 0.6) is 5.88 Å². The first-order chi connectivity index (χ1) is 11.7. The van der Waals surface area contributed by atoms with Crippen molar-refractivity contribution in [2.75, 3.05) is 20.2 Å². The number of aromatic nitrogens is 5. The van der Waals surface area contributed by atoms with Gasteiger partial charge in [0.05, 0.1) is 7.11 Å². The zero-order valence-corrected chi connectivity index (χ0v) is 14.8. The van der Waals surface area contributed by atoms with Crippen LogP contribution in [-0.4, -0.2) is 44.9 Å². The van der Waals surface area contributed by atoms with Crippen LogP contribution >= 0.6 is 11.8 Å². The van der Waals surface area contributed by atoms with Gasteiger partial charge in [0.15, 0.2) is 10.3 Å². The van der Waals surface area contributed by atoms with Crippen LogP contribution in [0.3, 0.4) is 0 Å². The summed E-state index contributed by atoms with van der Waals surface area (Å²) in [7, 11) is 1.62. The third-order valence-corrected chi connectivity index (χ3v) is 5.29. The molecule has 1 aliphatic heterocycles. The SMILES string of the molecule is COc1cc(C)nc(Sc2nnc(C3CCCNC3)n2C2CC2)n1. The van der Waals surface area contributed by atoms with Crippen molar-refractivity contribution in [3.8, 4) is 5.88 Å². The molecule has 1 N–H and O–H groups in total. The summed E-state index contributed by atoms with van der Waals surface area (Å²) in [6.45, 7) is 4.04. The molecule has 0 amide bonds. The molecule has 2 fully saturated rings. The van der Waals surface area contributed by atoms with Gasteiger partial charge >= 0.3 is 0 Å². The molecule has 24 heavy (non-hydrogen) atoms. The van der Waals surface area contributed by atoms with E-state index >= 15 is 0 Å². The van der Waals surface area contributed by atoms with Crippen LogP contribution in [0.15, 0.2) is 16.4 Å². The Kier molecular flexibility index (Phi) is 4.41. The Morgan fingerprint density at radius 1 is 1.25 bits per heavy atom. The minimum atomic E-state index is 0.453. The van der Waals surface area contributed by atoms with Gasteiger partial charge in [0.1, 0.15) is 5.82 Å². The van der Waals surface area contributed by atoms with E-state index in [4.69, 9.17) is 4.74 Å². The topological polar surface area (TPSA) is 77.8 Å². The molecule has 1 aliphatic carbocycles. The van der Waals surface area contributed by atoms with E-state index < -0.39 is 0 Å². The lowest BCUT2D eigenvalue weighted by Crippen LogP contribution is -2.30. The highest BCUT2D eigenvalue weighted by Gasteiger charge is 2.33. The average Bonchev–Trinajstić information content (AvgIpc) is 3.36. The van der Waals surface area contributed by atoms with Gasteiger partial charge in [0.25, 0.3) is 0 Å². The summed E-state index contributed by atoms with van der Waals surface area (Å²) in [5.41, 5.74) is 0.888. The van der Waals surface area contributed by atoms with Gasteiger partial charge in [-0.05, 0) is 50.9 Å². The minimum Gasteiger partial charge on any atom is -0.481 e. The van der Waals surface area contributed by atoms with E-state index in [0.717, 1.165) is 29.8 Å². The van der Waals surface area contributed by atoms with Crippen LogP contribution in [0.1, 0.15) is 49.2 Å². The van der Waals surface area contributed by atoms with Crippen molar-refractivity contribution in [2.24, 2.45) is 0 Å². The second kappa shape index (κ2) is 6.68. The number of nitrogens with one attached hydrogen (secondary N) is 1. The van der Waals surface area contributed by atoms with Crippen LogP contribution in [-0.2, 0) is 0 Å². The number of hydrogen-bond donors (Lipinski definition) is 1. The molecule has 8 heteroatoms. The summed E-state index contributed by atoms with van der Waals surface area (Å²) >= 11 is 1.48. The number of aryl methyl sites for hydroxylation is 1. The van der Waals surface area contributed by atoms with E-state index in [-0.39, 0.29) is 0 Å². The monoisotopic (exact) mass is 346 g/mol. The normalized spacial score (nSPS) is 21.0. The van der Waals surface area contributed by atoms with Crippen LogP contribution in [0, 0.1) is 6.92 Å². The fraction of sp³-hybridized carbons (Fsp3) is 0.625. The number of ether oxygens (including phenoxy) is 1. The van der Waals surface area contributed by atoms with Crippen LogP contribution in [0.2, 0.25) is 0 Å². The second-order valence-corrected chi connectivity index (χ2v) is 7.36. The van der Waals surface area contributed by atoms with Gasteiger partial charge in [-0.2, -0.15) is 4.98 Å². The molecule has 4 rings (SSSR count). The summed E-state index contributed by atoms with van der Waals surface area (Å²) in [5, 5.41) is 14.0. The molecular weight excluding hydrogens is 324 g/mol. The fourth-order valence-electron chi connectivity index (χ4n) is 3.13. The molecule has 128 valence electrons. The summed E-state index contributed by atoms with van der Waals surface area (Å²) in [4.78, 5) is 8.92. The van der Waals surface area contributed by atoms with Gasteiger partial charge in [-0.3, -0.25) is 0 Å². The lowest BCUT2D eigenvalue weighted by Gasteiger charge is -2.22. The standard InChI is InChI=1S/C16H22N6OS/c1-10-8-13(23-2)19-15(18-10)24-16-21-20-14(22(16)12-5-6-12)11-4-3-7-17-9-11/h8,11-12,17H,3-7,9H2,1-2H3. The van der Waals surface area contributed by atoms with Gasteiger partial charge in [0, 0.05) is 30.3 Å². The summed E-state index contributed by atoms with van der Waals surface area (Å²) in [6.07, 6.45) is 4.79. The smallest absolute Gasteiger partial charge is 0.217 e. The van der Waals surface area contributed by atoms with Crippen molar-refractivity contribution in [3.05, 3.63) is 17.6 Å². The number of hydrogen-bond acceptors (Lipinski definition) is 7. The van der Waals surface area contributed by atoms with E-state index in [1.54, 1.807) is 7.11 Å². The Labute approximate surface area is 145 Å². The molecule has 0 bridgehead atoms. The first-order valence-electron chi connectivity index (χ1n) is 8.47. The Hall–Kier alpha value is -1.67. The maximum absolute atomic E-state index is 5.25. The Morgan fingerprint density at radius 2 is 2.12 bits per heavy atom. The van der Waals surface area contributed by atoms with Gasteiger partial charge in [-0.1, -0.05) is 0 Å². The van der Waals surface area contributed by atoms with E-state index in [0.29, 0.717) is 23.0 Å². The van der Waals surface area contributed by atoms with E-state index in [9.17, 15) is 0 Å². The van der Waals surface area contributed by atoms with E-state index in [1.165, 1.54) is 37.4 Å². The Morgan fingerprint density at radius 3 is 2.83 bits per heavy atom. The molecular formula is C16H22N6OS. The van der Waals surface area contributed by atoms with Crippen molar-refractivity contribution in [2.45, 2.75) is 54.9 Å². The fourth-order valence-corrected chi connectivity index (χ4v) is 4.04. The highest BCUT2D eigenvalue weighted by molar-refractivity contribution is 7.99. The molecule has 0 spiro atoms. The maximum Gasteiger partial charge on any atom is 0.217 e. The summed E-state index contributed by atoms with van der Waals surface area (Å²) in [5.74, 6) is 2.15. The number of rotatable bonds is 5. The van der Waals surface area contributed by atoms with Gasteiger partial charge in [0.2, 0.25) is 5.88 Å². The predicted octanol–water partition coefficient (Wildman–Crippen LogP) is 2.34. The van der Waals surface area contributed by atoms with Gasteiger partial charge < -0.3 is 14.6 Å². The largest absolute Gasteiger partial charge is 0.481 e. The molecule has 3 heterocycles. The molecule has 1 saturated heterocycles. The van der Waals surface area contributed by atoms with Crippen molar-refractivity contribution in [1.82, 2.24) is 30.0 Å². The first kappa shape index (κ1) is 15.8. The molecule has 2 aliphatic rings. The van der Waals surface area contributed by atoms with Crippen molar-refractivity contribution < 1.29 is 4.74 Å². The van der Waals surface area contributed by atoms with Gasteiger partial charge in [-0.15, -0.1) is 10.2 Å². The maximum atomic E-state index is 5.25. The predicted molar refractivity (Wildman–Crippen MR) is 90.6 cm³/mol. The molecule has 1 saturated carbocycles. The molecule has 0 aromatic carbocycles. The van der Waals surface area contributed by atoms with Crippen LogP contribution < -0.4 is 10.1 Å². The number of piperidine rings is 1. The van der Waals surface area contributed by atoms with Crippen LogP contribution in [0.25, 0.3) is 0 Å². The molecule has 0 radical (unpaired) electrons. The third-order valence-electron chi connectivity index (χ3n) is 4.47. The third kappa shape index (κ3) is 3.25. The highest BCUT2D eigenvalue weighted by atomic mass is 32.2. The molecule has 7 nitrogen and oxygen atoms in total. The average molecular weight is 346 g/mol. The van der Waals surface area contributed by atoms with Crippen LogP contribution in [0.4, 0.5) is 0 Å². The Balaban J connectivity index is 1.63.